The van der Waals surface area contributed by atoms with Gasteiger partial charge in [-0.3, -0.25) is 0 Å². The molecule has 0 spiro atoms. The summed E-state index contributed by atoms with van der Waals surface area (Å²) in [7, 11) is -0.844. The van der Waals surface area contributed by atoms with Crippen LogP contribution in [-0.4, -0.2) is 39.8 Å². The SMILES string of the molecule is CN(C)S(=O)(=O)c1ccc(CNCC(F)F)o1. The number of sulfonamides is 1. The van der Waals surface area contributed by atoms with Crippen molar-refractivity contribution in [1.82, 2.24) is 9.62 Å². The van der Waals surface area contributed by atoms with Gasteiger partial charge in [0.25, 0.3) is 16.4 Å². The van der Waals surface area contributed by atoms with Gasteiger partial charge in [-0.15, -0.1) is 0 Å². The van der Waals surface area contributed by atoms with E-state index < -0.39 is 23.0 Å². The molecule has 17 heavy (non-hydrogen) atoms. The smallest absolute Gasteiger partial charge is 0.275 e. The highest BCUT2D eigenvalue weighted by Crippen LogP contribution is 2.16. The Bertz CT molecular complexity index is 457. The van der Waals surface area contributed by atoms with Gasteiger partial charge in [0.15, 0.2) is 0 Å². The van der Waals surface area contributed by atoms with Crippen LogP contribution in [0, 0.1) is 0 Å². The summed E-state index contributed by atoms with van der Waals surface area (Å²) in [6.07, 6.45) is -2.45. The van der Waals surface area contributed by atoms with E-state index in [9.17, 15) is 17.2 Å². The average Bonchev–Trinajstić information content (AvgIpc) is 2.66. The molecule has 0 aliphatic rings. The third-order valence-electron chi connectivity index (χ3n) is 1.97. The first-order valence-corrected chi connectivity index (χ1v) is 6.28. The van der Waals surface area contributed by atoms with Gasteiger partial charge in [-0.25, -0.2) is 21.5 Å². The summed E-state index contributed by atoms with van der Waals surface area (Å²) in [6.45, 7) is -0.399. The normalized spacial score (nSPS) is 12.6. The van der Waals surface area contributed by atoms with Crippen LogP contribution in [-0.2, 0) is 16.6 Å². The fraction of sp³-hybridized carbons (Fsp3) is 0.556. The summed E-state index contributed by atoms with van der Waals surface area (Å²) in [6, 6.07) is 2.74. The van der Waals surface area contributed by atoms with E-state index in [1.807, 2.05) is 0 Å². The lowest BCUT2D eigenvalue weighted by atomic mass is 10.4. The highest BCUT2D eigenvalue weighted by Gasteiger charge is 2.21. The van der Waals surface area contributed by atoms with Gasteiger partial charge in [-0.1, -0.05) is 0 Å². The largest absolute Gasteiger partial charge is 0.447 e. The average molecular weight is 268 g/mol. The number of halogens is 2. The maximum absolute atomic E-state index is 11.8. The van der Waals surface area contributed by atoms with E-state index >= 15 is 0 Å². The number of hydrogen-bond donors (Lipinski definition) is 1. The zero-order valence-electron chi connectivity index (χ0n) is 9.48. The molecule has 0 amide bonds. The standard InChI is InChI=1S/C9H14F2N2O3S/c1-13(2)17(14,15)9-4-3-7(16-9)5-12-6-8(10)11/h3-4,8,12H,5-6H2,1-2H3. The predicted molar refractivity (Wildman–Crippen MR) is 57.3 cm³/mol. The maximum atomic E-state index is 11.8. The molecule has 0 saturated heterocycles. The second kappa shape index (κ2) is 5.56. The number of alkyl halides is 2. The monoisotopic (exact) mass is 268 g/mol. The molecule has 0 bridgehead atoms. The van der Waals surface area contributed by atoms with Crippen LogP contribution in [0.2, 0.25) is 0 Å². The van der Waals surface area contributed by atoms with Crippen molar-refractivity contribution in [3.05, 3.63) is 17.9 Å². The molecule has 0 aromatic carbocycles. The van der Waals surface area contributed by atoms with Gasteiger partial charge >= 0.3 is 0 Å². The van der Waals surface area contributed by atoms with Crippen molar-refractivity contribution in [2.24, 2.45) is 0 Å². The van der Waals surface area contributed by atoms with E-state index in [1.54, 1.807) is 0 Å². The molecular formula is C9H14F2N2O3S. The highest BCUT2D eigenvalue weighted by atomic mass is 32.2. The van der Waals surface area contributed by atoms with Gasteiger partial charge < -0.3 is 9.73 Å². The molecule has 1 rings (SSSR count). The van der Waals surface area contributed by atoms with Crippen LogP contribution in [0.4, 0.5) is 8.78 Å². The van der Waals surface area contributed by atoms with Crippen LogP contribution in [0.25, 0.3) is 0 Å². The van der Waals surface area contributed by atoms with Crippen LogP contribution < -0.4 is 5.32 Å². The Morgan fingerprint density at radius 3 is 2.59 bits per heavy atom. The van der Waals surface area contributed by atoms with Crippen LogP contribution in [0.5, 0.6) is 0 Å². The summed E-state index contributed by atoms with van der Waals surface area (Å²) < 4.78 is 53.0. The summed E-state index contributed by atoms with van der Waals surface area (Å²) in [5.74, 6) is 0.297. The molecule has 0 saturated carbocycles. The third kappa shape index (κ3) is 3.76. The van der Waals surface area contributed by atoms with Crippen molar-refractivity contribution >= 4 is 10.0 Å². The van der Waals surface area contributed by atoms with Gasteiger partial charge in [0.2, 0.25) is 5.09 Å². The van der Waals surface area contributed by atoms with Crippen molar-refractivity contribution < 1.29 is 21.6 Å². The first-order valence-electron chi connectivity index (χ1n) is 4.84. The van der Waals surface area contributed by atoms with E-state index in [1.165, 1.54) is 26.2 Å². The number of nitrogens with zero attached hydrogens (tertiary/aromatic N) is 1. The predicted octanol–water partition coefficient (Wildman–Crippen LogP) is 0.885. The molecule has 5 nitrogen and oxygen atoms in total. The third-order valence-corrected chi connectivity index (χ3v) is 3.66. The van der Waals surface area contributed by atoms with E-state index in [0.29, 0.717) is 5.76 Å². The maximum Gasteiger partial charge on any atom is 0.275 e. The lowest BCUT2D eigenvalue weighted by Gasteiger charge is -2.07. The molecule has 0 radical (unpaired) electrons. The minimum atomic E-state index is -3.61. The first-order chi connectivity index (χ1) is 7.84. The molecule has 0 atom stereocenters. The highest BCUT2D eigenvalue weighted by molar-refractivity contribution is 7.88. The molecule has 1 N–H and O–H groups in total. The molecule has 98 valence electrons. The van der Waals surface area contributed by atoms with Crippen molar-refractivity contribution in [2.45, 2.75) is 18.1 Å². The molecule has 1 heterocycles. The molecule has 0 fully saturated rings. The Morgan fingerprint density at radius 2 is 2.06 bits per heavy atom. The number of furan rings is 1. The topological polar surface area (TPSA) is 62.6 Å². The summed E-state index contributed by atoms with van der Waals surface area (Å²) in [5.41, 5.74) is 0. The van der Waals surface area contributed by atoms with Gasteiger partial charge in [0.05, 0.1) is 13.1 Å². The Kier molecular flexibility index (Phi) is 4.61. The van der Waals surface area contributed by atoms with Gasteiger partial charge in [-0.2, -0.15) is 0 Å². The van der Waals surface area contributed by atoms with E-state index in [4.69, 9.17) is 4.42 Å². The minimum absolute atomic E-state index is 0.0628. The molecule has 1 aromatic heterocycles. The van der Waals surface area contributed by atoms with Crippen molar-refractivity contribution in [3.63, 3.8) is 0 Å². The summed E-state index contributed by atoms with van der Waals surface area (Å²) in [4.78, 5) is 0. The molecular weight excluding hydrogens is 254 g/mol. The van der Waals surface area contributed by atoms with E-state index in [-0.39, 0.29) is 11.6 Å². The van der Waals surface area contributed by atoms with Crippen LogP contribution in [0.3, 0.4) is 0 Å². The van der Waals surface area contributed by atoms with Gasteiger partial charge in [0, 0.05) is 14.1 Å². The first kappa shape index (κ1) is 14.1. The van der Waals surface area contributed by atoms with Crippen LogP contribution >= 0.6 is 0 Å². The zero-order valence-corrected chi connectivity index (χ0v) is 10.3. The van der Waals surface area contributed by atoms with Gasteiger partial charge in [-0.05, 0) is 12.1 Å². The number of hydrogen-bond acceptors (Lipinski definition) is 4. The van der Waals surface area contributed by atoms with Crippen molar-refractivity contribution in [2.75, 3.05) is 20.6 Å². The van der Waals surface area contributed by atoms with Crippen molar-refractivity contribution in [3.8, 4) is 0 Å². The minimum Gasteiger partial charge on any atom is -0.447 e. The molecule has 0 unspecified atom stereocenters. The molecule has 0 aliphatic carbocycles. The van der Waals surface area contributed by atoms with Crippen LogP contribution in [0.1, 0.15) is 5.76 Å². The Hall–Kier alpha value is -0.990. The molecule has 1 aromatic rings. The van der Waals surface area contributed by atoms with E-state index in [2.05, 4.69) is 5.32 Å². The van der Waals surface area contributed by atoms with E-state index in [0.717, 1.165) is 4.31 Å². The van der Waals surface area contributed by atoms with Crippen molar-refractivity contribution in [1.29, 1.82) is 0 Å². The quantitative estimate of drug-likeness (QED) is 0.832. The Balaban J connectivity index is 2.66. The summed E-state index contributed by atoms with van der Waals surface area (Å²) in [5, 5.41) is 2.25. The summed E-state index contributed by atoms with van der Waals surface area (Å²) >= 11 is 0. The zero-order chi connectivity index (χ0) is 13.1. The lowest BCUT2D eigenvalue weighted by Crippen LogP contribution is -2.22. The second-order valence-electron chi connectivity index (χ2n) is 3.53. The fourth-order valence-corrected chi connectivity index (χ4v) is 1.89. The van der Waals surface area contributed by atoms with Crippen LogP contribution in [0.15, 0.2) is 21.6 Å². The fourth-order valence-electron chi connectivity index (χ4n) is 1.08. The Labute approximate surface area is 98.5 Å². The molecule has 0 aliphatic heterocycles. The number of rotatable bonds is 6. The second-order valence-corrected chi connectivity index (χ2v) is 5.61. The number of nitrogens with one attached hydrogen (secondary N) is 1. The Morgan fingerprint density at radius 1 is 1.41 bits per heavy atom. The molecule has 8 heteroatoms. The lowest BCUT2D eigenvalue weighted by molar-refractivity contribution is 0.144. The van der Waals surface area contributed by atoms with Gasteiger partial charge in [0.1, 0.15) is 5.76 Å².